The fourth-order valence-electron chi connectivity index (χ4n) is 2.58. The maximum atomic E-state index is 11.4. The van der Waals surface area contributed by atoms with E-state index in [0.717, 1.165) is 10.1 Å². The molecule has 11 heteroatoms. The van der Waals surface area contributed by atoms with Crippen LogP contribution in [-0.4, -0.2) is 33.8 Å². The number of aromatic amines is 1. The predicted molar refractivity (Wildman–Crippen MR) is 101 cm³/mol. The highest BCUT2D eigenvalue weighted by Gasteiger charge is 2.10. The van der Waals surface area contributed by atoms with Crippen LogP contribution in [0, 0.1) is 10.1 Å². The Morgan fingerprint density at radius 2 is 1.82 bits per heavy atom. The Balaban J connectivity index is 0.000000162. The molecular weight excluding hydrogens is 366 g/mol. The highest BCUT2D eigenvalue weighted by Crippen LogP contribution is 2.07. The highest BCUT2D eigenvalue weighted by molar-refractivity contribution is 5.68. The molecule has 0 radical (unpaired) electrons. The van der Waals surface area contributed by atoms with Crippen LogP contribution in [0.2, 0.25) is 0 Å². The summed E-state index contributed by atoms with van der Waals surface area (Å²) in [6, 6.07) is 11.1. The Labute approximate surface area is 157 Å². The minimum Gasteiger partial charge on any atom is -0.358 e. The molecule has 144 valence electrons. The molecule has 0 unspecified atom stereocenters. The number of benzene rings is 1. The third kappa shape index (κ3) is 3.72. The topological polar surface area (TPSA) is 134 Å². The highest BCUT2D eigenvalue weighted by atomic mass is 16.6. The molecule has 0 bridgehead atoms. The van der Waals surface area contributed by atoms with Crippen molar-refractivity contribution >= 4 is 17.0 Å². The Bertz CT molecular complexity index is 1230. The average molecular weight is 383 g/mol. The molecule has 0 saturated carbocycles. The molecule has 0 saturated heterocycles. The van der Waals surface area contributed by atoms with Crippen molar-refractivity contribution in [1.82, 2.24) is 28.9 Å². The molecule has 0 amide bonds. The molecular formula is C17H17N7O4. The van der Waals surface area contributed by atoms with E-state index >= 15 is 0 Å². The number of nitrogens with one attached hydrogen (secondary N) is 1. The summed E-state index contributed by atoms with van der Waals surface area (Å²) in [5.74, 6) is -0.120. The molecule has 4 rings (SSSR count). The molecule has 0 atom stereocenters. The van der Waals surface area contributed by atoms with Crippen molar-refractivity contribution in [2.45, 2.75) is 6.54 Å². The fourth-order valence-corrected chi connectivity index (χ4v) is 2.58. The van der Waals surface area contributed by atoms with Gasteiger partial charge >= 0.3 is 11.5 Å². The van der Waals surface area contributed by atoms with E-state index in [-0.39, 0.29) is 17.1 Å². The predicted octanol–water partition coefficient (Wildman–Crippen LogP) is 0.800. The smallest absolute Gasteiger partial charge is 0.358 e. The zero-order valence-corrected chi connectivity index (χ0v) is 15.1. The summed E-state index contributed by atoms with van der Waals surface area (Å²) in [7, 11) is 3.01. The zero-order chi connectivity index (χ0) is 20.3. The van der Waals surface area contributed by atoms with Gasteiger partial charge in [-0.15, -0.1) is 0 Å². The van der Waals surface area contributed by atoms with Gasteiger partial charge in [-0.05, 0) is 10.5 Å². The van der Waals surface area contributed by atoms with Gasteiger partial charge in [0.2, 0.25) is 0 Å². The first kappa shape index (κ1) is 18.8. The van der Waals surface area contributed by atoms with Gasteiger partial charge in [-0.25, -0.2) is 9.78 Å². The lowest BCUT2D eigenvalue weighted by molar-refractivity contribution is -0.389. The fraction of sp³-hybridized carbons (Fsp3) is 0.176. The van der Waals surface area contributed by atoms with Crippen molar-refractivity contribution < 1.29 is 4.92 Å². The number of H-pyrrole nitrogens is 1. The lowest BCUT2D eigenvalue weighted by atomic mass is 10.2. The van der Waals surface area contributed by atoms with Gasteiger partial charge in [-0.2, -0.15) is 4.68 Å². The van der Waals surface area contributed by atoms with Crippen LogP contribution in [0.3, 0.4) is 0 Å². The number of hydrogen-bond acceptors (Lipinski definition) is 6. The second-order valence-electron chi connectivity index (χ2n) is 5.92. The van der Waals surface area contributed by atoms with Crippen LogP contribution in [0.25, 0.3) is 11.2 Å². The first-order valence-electron chi connectivity index (χ1n) is 8.19. The normalized spacial score (nSPS) is 10.5. The molecule has 1 N–H and O–H groups in total. The monoisotopic (exact) mass is 383 g/mol. The maximum Gasteiger partial charge on any atom is 0.389 e. The van der Waals surface area contributed by atoms with Crippen molar-refractivity contribution in [1.29, 1.82) is 0 Å². The number of rotatable bonds is 3. The number of nitro groups is 1. The second-order valence-corrected chi connectivity index (χ2v) is 5.92. The van der Waals surface area contributed by atoms with Crippen LogP contribution in [0.15, 0.2) is 58.5 Å². The number of fused-ring (bicyclic) bond motifs is 1. The zero-order valence-electron chi connectivity index (χ0n) is 15.1. The number of aromatic nitrogens is 6. The largest absolute Gasteiger partial charge is 0.389 e. The maximum absolute atomic E-state index is 11.4. The first-order valence-corrected chi connectivity index (χ1v) is 8.19. The summed E-state index contributed by atoms with van der Waals surface area (Å²) in [6.07, 6.45) is 3.00. The first-order chi connectivity index (χ1) is 13.4. The van der Waals surface area contributed by atoms with Crippen LogP contribution in [0.1, 0.15) is 5.56 Å². The molecule has 4 aromatic rings. The molecule has 0 spiro atoms. The minimum atomic E-state index is -0.499. The summed E-state index contributed by atoms with van der Waals surface area (Å²) >= 11 is 0. The molecule has 11 nitrogen and oxygen atoms in total. The molecule has 0 aliphatic carbocycles. The van der Waals surface area contributed by atoms with E-state index in [1.807, 2.05) is 30.3 Å². The summed E-state index contributed by atoms with van der Waals surface area (Å²) in [5.41, 5.74) is 1.08. The Hall–Kier alpha value is -4.02. The lowest BCUT2D eigenvalue weighted by Gasteiger charge is -2.00. The van der Waals surface area contributed by atoms with Gasteiger partial charge in [0.25, 0.3) is 5.56 Å². The quantitative estimate of drug-likeness (QED) is 0.411. The SMILES string of the molecule is Cn1c(=O)c2[nH]cnc2n(C)c1=O.O=[N+]([O-])c1ccn(Cc2ccccc2)n1. The molecule has 0 fully saturated rings. The number of aryl methyl sites for hydroxylation is 1. The number of imidazole rings is 1. The van der Waals surface area contributed by atoms with Crippen LogP contribution < -0.4 is 11.2 Å². The Morgan fingerprint density at radius 1 is 1.11 bits per heavy atom. The van der Waals surface area contributed by atoms with E-state index in [1.165, 1.54) is 24.0 Å². The van der Waals surface area contributed by atoms with Crippen LogP contribution in [0.4, 0.5) is 5.82 Å². The standard InChI is InChI=1S/C10H9N3O2.C7H8N4O2/c14-13(15)10-6-7-12(11-10)8-9-4-2-1-3-5-9;1-10-5-4(8-3-9-5)6(12)11(2)7(10)13/h1-7H,8H2;3H,1-2H3,(H,8,9). The van der Waals surface area contributed by atoms with Gasteiger partial charge in [0.1, 0.15) is 5.52 Å². The van der Waals surface area contributed by atoms with Crippen molar-refractivity contribution in [2.24, 2.45) is 14.1 Å². The van der Waals surface area contributed by atoms with Crippen molar-refractivity contribution in [2.75, 3.05) is 0 Å². The van der Waals surface area contributed by atoms with E-state index in [0.29, 0.717) is 17.7 Å². The average Bonchev–Trinajstić information content (AvgIpc) is 3.36. The lowest BCUT2D eigenvalue weighted by Crippen LogP contribution is -2.36. The second kappa shape index (κ2) is 7.70. The summed E-state index contributed by atoms with van der Waals surface area (Å²) in [4.78, 5) is 39.3. The van der Waals surface area contributed by atoms with E-state index in [1.54, 1.807) is 17.9 Å². The third-order valence-electron chi connectivity index (χ3n) is 4.03. The van der Waals surface area contributed by atoms with E-state index in [9.17, 15) is 19.7 Å². The van der Waals surface area contributed by atoms with Crippen molar-refractivity contribution in [3.05, 3.63) is 85.4 Å². The summed E-state index contributed by atoms with van der Waals surface area (Å²) in [5, 5.41) is 14.2. The Morgan fingerprint density at radius 3 is 2.46 bits per heavy atom. The van der Waals surface area contributed by atoms with E-state index in [4.69, 9.17) is 0 Å². The molecule has 28 heavy (non-hydrogen) atoms. The molecule has 0 aliphatic heterocycles. The van der Waals surface area contributed by atoms with Gasteiger partial charge in [-0.1, -0.05) is 30.3 Å². The molecule has 3 aromatic heterocycles. The third-order valence-corrected chi connectivity index (χ3v) is 4.03. The molecule has 3 heterocycles. The number of hydrogen-bond donors (Lipinski definition) is 1. The van der Waals surface area contributed by atoms with E-state index < -0.39 is 4.92 Å². The molecule has 0 aliphatic rings. The molecule has 1 aromatic carbocycles. The van der Waals surface area contributed by atoms with Crippen LogP contribution in [0.5, 0.6) is 0 Å². The van der Waals surface area contributed by atoms with Gasteiger partial charge in [0.15, 0.2) is 5.65 Å². The van der Waals surface area contributed by atoms with Crippen LogP contribution >= 0.6 is 0 Å². The van der Waals surface area contributed by atoms with Gasteiger partial charge in [0.05, 0.1) is 30.2 Å². The summed E-state index contributed by atoms with van der Waals surface area (Å²) < 4.78 is 3.92. The number of nitrogens with zero attached hydrogens (tertiary/aromatic N) is 6. The van der Waals surface area contributed by atoms with E-state index in [2.05, 4.69) is 15.1 Å². The minimum absolute atomic E-state index is 0.120. The Kier molecular flexibility index (Phi) is 5.16. The van der Waals surface area contributed by atoms with Gasteiger partial charge in [0, 0.05) is 14.1 Å². The summed E-state index contributed by atoms with van der Waals surface area (Å²) in [6.45, 7) is 0.550. The van der Waals surface area contributed by atoms with Crippen molar-refractivity contribution in [3.63, 3.8) is 0 Å². The van der Waals surface area contributed by atoms with Crippen LogP contribution in [-0.2, 0) is 20.6 Å². The van der Waals surface area contributed by atoms with Crippen molar-refractivity contribution in [3.8, 4) is 0 Å². The van der Waals surface area contributed by atoms with Gasteiger partial charge < -0.3 is 15.1 Å². The van der Waals surface area contributed by atoms with Gasteiger partial charge in [-0.3, -0.25) is 13.9 Å².